The third-order valence-electron chi connectivity index (χ3n) is 2.29. The third-order valence-corrected chi connectivity index (χ3v) is 2.29. The zero-order valence-corrected chi connectivity index (χ0v) is 9.57. The van der Waals surface area contributed by atoms with Crippen LogP contribution in [0.5, 0.6) is 11.5 Å². The number of benzene rings is 1. The summed E-state index contributed by atoms with van der Waals surface area (Å²) >= 11 is 0. The molecule has 5 heteroatoms. The Morgan fingerprint density at radius 2 is 2.19 bits per heavy atom. The highest BCUT2D eigenvalue weighted by molar-refractivity contribution is 5.95. The fraction of sp³-hybridized carbons (Fsp3) is 0.364. The quantitative estimate of drug-likeness (QED) is 0.666. The highest BCUT2D eigenvalue weighted by Crippen LogP contribution is 2.27. The number of anilines is 1. The number of carbonyl (C=O) groups excluding carboxylic acids is 1. The lowest BCUT2D eigenvalue weighted by atomic mass is 10.2. The van der Waals surface area contributed by atoms with E-state index < -0.39 is 0 Å². The van der Waals surface area contributed by atoms with Crippen molar-refractivity contribution in [1.82, 2.24) is 5.32 Å². The van der Waals surface area contributed by atoms with E-state index in [-0.39, 0.29) is 17.7 Å². The Morgan fingerprint density at radius 3 is 2.75 bits per heavy atom. The van der Waals surface area contributed by atoms with Gasteiger partial charge in [-0.15, -0.1) is 0 Å². The molecule has 1 amide bonds. The van der Waals surface area contributed by atoms with Crippen LogP contribution in [-0.2, 0) is 4.79 Å². The fourth-order valence-corrected chi connectivity index (χ4v) is 1.11. The molecule has 1 rings (SSSR count). The van der Waals surface area contributed by atoms with Gasteiger partial charge in [-0.05, 0) is 26.1 Å². The van der Waals surface area contributed by atoms with E-state index in [9.17, 15) is 9.90 Å². The summed E-state index contributed by atoms with van der Waals surface area (Å²) in [6.45, 7) is 1.73. The Labute approximate surface area is 94.4 Å². The molecule has 0 saturated heterocycles. The van der Waals surface area contributed by atoms with Gasteiger partial charge in [0.05, 0.1) is 18.8 Å². The monoisotopic (exact) mass is 224 g/mol. The van der Waals surface area contributed by atoms with E-state index in [1.165, 1.54) is 13.2 Å². The second-order valence-electron chi connectivity index (χ2n) is 3.38. The molecule has 1 atom stereocenters. The molecule has 0 aliphatic heterocycles. The average Bonchev–Trinajstić information content (AvgIpc) is 2.30. The Kier molecular flexibility index (Phi) is 4.13. The Morgan fingerprint density at radius 1 is 1.50 bits per heavy atom. The van der Waals surface area contributed by atoms with Crippen LogP contribution in [0.25, 0.3) is 0 Å². The van der Waals surface area contributed by atoms with Gasteiger partial charge in [-0.25, -0.2) is 0 Å². The summed E-state index contributed by atoms with van der Waals surface area (Å²) < 4.78 is 5.00. The molecule has 1 aromatic rings. The molecule has 0 heterocycles. The molecule has 0 fully saturated rings. The Hall–Kier alpha value is -1.75. The zero-order valence-electron chi connectivity index (χ0n) is 9.57. The van der Waals surface area contributed by atoms with Crippen molar-refractivity contribution in [3.63, 3.8) is 0 Å². The van der Waals surface area contributed by atoms with Crippen LogP contribution in [0.1, 0.15) is 6.92 Å². The minimum absolute atomic E-state index is 0.0115. The molecule has 16 heavy (non-hydrogen) atoms. The maximum absolute atomic E-state index is 11.6. The van der Waals surface area contributed by atoms with Gasteiger partial charge in [-0.1, -0.05) is 0 Å². The van der Waals surface area contributed by atoms with Crippen LogP contribution in [0, 0.1) is 0 Å². The van der Waals surface area contributed by atoms with Crippen molar-refractivity contribution < 1.29 is 14.6 Å². The molecule has 0 bridgehead atoms. The van der Waals surface area contributed by atoms with E-state index in [2.05, 4.69) is 10.6 Å². The van der Waals surface area contributed by atoms with Crippen molar-refractivity contribution in [3.05, 3.63) is 18.2 Å². The number of methoxy groups -OCH3 is 1. The van der Waals surface area contributed by atoms with E-state index in [0.29, 0.717) is 11.4 Å². The van der Waals surface area contributed by atoms with Crippen molar-refractivity contribution in [2.75, 3.05) is 19.5 Å². The number of phenols is 1. The van der Waals surface area contributed by atoms with E-state index in [1.54, 1.807) is 26.1 Å². The predicted octanol–water partition coefficient (Wildman–Crippen LogP) is 0.947. The fourth-order valence-electron chi connectivity index (χ4n) is 1.11. The number of phenolic OH excluding ortho intramolecular Hbond substituents is 1. The van der Waals surface area contributed by atoms with Gasteiger partial charge in [0.2, 0.25) is 5.91 Å². The molecule has 0 aliphatic carbocycles. The number of rotatable bonds is 4. The lowest BCUT2D eigenvalue weighted by molar-refractivity contribution is -0.117. The molecule has 1 aromatic carbocycles. The normalized spacial score (nSPS) is 11.9. The van der Waals surface area contributed by atoms with Gasteiger partial charge in [0.25, 0.3) is 0 Å². The molecule has 0 saturated carbocycles. The second-order valence-corrected chi connectivity index (χ2v) is 3.38. The number of hydrogen-bond acceptors (Lipinski definition) is 4. The highest BCUT2D eigenvalue weighted by atomic mass is 16.5. The van der Waals surface area contributed by atoms with Crippen LogP contribution >= 0.6 is 0 Å². The van der Waals surface area contributed by atoms with Gasteiger partial charge >= 0.3 is 0 Å². The smallest absolute Gasteiger partial charge is 0.241 e. The maximum atomic E-state index is 11.6. The first-order valence-electron chi connectivity index (χ1n) is 4.93. The number of amides is 1. The first-order valence-corrected chi connectivity index (χ1v) is 4.93. The summed E-state index contributed by atoms with van der Waals surface area (Å²) in [5.74, 6) is 0.369. The molecular formula is C11H16N2O3. The summed E-state index contributed by atoms with van der Waals surface area (Å²) in [6, 6.07) is 4.33. The van der Waals surface area contributed by atoms with Crippen LogP contribution in [0.3, 0.4) is 0 Å². The van der Waals surface area contributed by atoms with Crippen molar-refractivity contribution in [3.8, 4) is 11.5 Å². The SMILES string of the molecule is CNC(C)C(=O)Nc1cc(OC)ccc1O. The lowest BCUT2D eigenvalue weighted by Crippen LogP contribution is -2.35. The first kappa shape index (κ1) is 12.3. The van der Waals surface area contributed by atoms with Gasteiger partial charge in [0.1, 0.15) is 11.5 Å². The van der Waals surface area contributed by atoms with Crippen LogP contribution in [-0.4, -0.2) is 31.2 Å². The van der Waals surface area contributed by atoms with Crippen molar-refractivity contribution in [2.45, 2.75) is 13.0 Å². The third kappa shape index (κ3) is 2.87. The molecule has 0 aromatic heterocycles. The minimum atomic E-state index is -0.328. The minimum Gasteiger partial charge on any atom is -0.506 e. The summed E-state index contributed by atoms with van der Waals surface area (Å²) in [5, 5.41) is 15.0. The van der Waals surface area contributed by atoms with Crippen LogP contribution < -0.4 is 15.4 Å². The number of carbonyl (C=O) groups is 1. The Bertz CT molecular complexity index is 379. The van der Waals surface area contributed by atoms with Crippen molar-refractivity contribution in [2.24, 2.45) is 0 Å². The second kappa shape index (κ2) is 5.37. The summed E-state index contributed by atoms with van der Waals surface area (Å²) in [5.41, 5.74) is 0.339. The lowest BCUT2D eigenvalue weighted by Gasteiger charge is -2.12. The van der Waals surface area contributed by atoms with Crippen LogP contribution in [0.2, 0.25) is 0 Å². The van der Waals surface area contributed by atoms with Gasteiger partial charge in [0, 0.05) is 6.07 Å². The number of likely N-dealkylation sites (N-methyl/N-ethyl adjacent to an activating group) is 1. The molecule has 1 unspecified atom stereocenters. The summed E-state index contributed by atoms with van der Waals surface area (Å²) in [7, 11) is 3.21. The predicted molar refractivity (Wildman–Crippen MR) is 61.8 cm³/mol. The molecule has 3 N–H and O–H groups in total. The topological polar surface area (TPSA) is 70.6 Å². The van der Waals surface area contributed by atoms with E-state index in [0.717, 1.165) is 0 Å². The van der Waals surface area contributed by atoms with Gasteiger partial charge in [0.15, 0.2) is 0 Å². The zero-order chi connectivity index (χ0) is 12.1. The van der Waals surface area contributed by atoms with Crippen molar-refractivity contribution in [1.29, 1.82) is 0 Å². The maximum Gasteiger partial charge on any atom is 0.241 e. The van der Waals surface area contributed by atoms with E-state index >= 15 is 0 Å². The standard InChI is InChI=1S/C11H16N2O3/c1-7(12-2)11(15)13-9-6-8(16-3)4-5-10(9)14/h4-7,12,14H,1-3H3,(H,13,15). The highest BCUT2D eigenvalue weighted by Gasteiger charge is 2.12. The van der Waals surface area contributed by atoms with Crippen molar-refractivity contribution >= 4 is 11.6 Å². The molecular weight excluding hydrogens is 208 g/mol. The van der Waals surface area contributed by atoms with E-state index in [1.807, 2.05) is 0 Å². The van der Waals surface area contributed by atoms with E-state index in [4.69, 9.17) is 4.74 Å². The van der Waals surface area contributed by atoms with Crippen LogP contribution in [0.4, 0.5) is 5.69 Å². The van der Waals surface area contributed by atoms with Crippen LogP contribution in [0.15, 0.2) is 18.2 Å². The van der Waals surface area contributed by atoms with Gasteiger partial charge in [-0.3, -0.25) is 4.79 Å². The average molecular weight is 224 g/mol. The van der Waals surface area contributed by atoms with Gasteiger partial charge in [-0.2, -0.15) is 0 Å². The molecule has 0 radical (unpaired) electrons. The summed E-state index contributed by atoms with van der Waals surface area (Å²) in [4.78, 5) is 11.6. The number of ether oxygens (including phenoxy) is 1. The number of aromatic hydroxyl groups is 1. The number of hydrogen-bond donors (Lipinski definition) is 3. The molecule has 5 nitrogen and oxygen atoms in total. The molecule has 88 valence electrons. The largest absolute Gasteiger partial charge is 0.506 e. The summed E-state index contributed by atoms with van der Waals surface area (Å²) in [6.07, 6.45) is 0. The van der Waals surface area contributed by atoms with Gasteiger partial charge < -0.3 is 20.5 Å². The molecule has 0 spiro atoms. The Balaban J connectivity index is 2.83. The molecule has 0 aliphatic rings. The number of nitrogens with one attached hydrogen (secondary N) is 2. The first-order chi connectivity index (χ1) is 7.58.